The van der Waals surface area contributed by atoms with Gasteiger partial charge in [-0.3, -0.25) is 4.98 Å². The fourth-order valence-corrected chi connectivity index (χ4v) is 5.26. The van der Waals surface area contributed by atoms with Crippen LogP contribution in [0.4, 0.5) is 10.8 Å². The third kappa shape index (κ3) is 3.46. The Labute approximate surface area is 171 Å². The van der Waals surface area contributed by atoms with Crippen molar-refractivity contribution in [2.24, 2.45) is 5.92 Å². The molecule has 28 heavy (non-hydrogen) atoms. The van der Waals surface area contributed by atoms with E-state index in [2.05, 4.69) is 51.4 Å². The largest absolute Gasteiger partial charge is 0.359 e. The summed E-state index contributed by atoms with van der Waals surface area (Å²) in [5.74, 6) is -0.701. The van der Waals surface area contributed by atoms with E-state index in [1.54, 1.807) is 0 Å². The van der Waals surface area contributed by atoms with Gasteiger partial charge in [-0.15, -0.1) is 11.3 Å². The molecule has 1 fully saturated rings. The van der Waals surface area contributed by atoms with E-state index in [0.29, 0.717) is 18.2 Å². The van der Waals surface area contributed by atoms with Crippen molar-refractivity contribution in [1.29, 1.82) is 0 Å². The summed E-state index contributed by atoms with van der Waals surface area (Å²) in [7, 11) is 0. The van der Waals surface area contributed by atoms with Crippen molar-refractivity contribution >= 4 is 22.2 Å². The number of fused-ring (bicyclic) bond motifs is 1. The Morgan fingerprint density at radius 2 is 1.86 bits per heavy atom. The molecule has 4 rings (SSSR count). The number of pyridine rings is 1. The number of rotatable bonds is 5. The Hall–Kier alpha value is -1.50. The highest BCUT2D eigenvalue weighted by Crippen LogP contribution is 2.50. The zero-order valence-corrected chi connectivity index (χ0v) is 18.6. The van der Waals surface area contributed by atoms with Crippen LogP contribution < -0.4 is 4.90 Å². The number of thiazole rings is 1. The SMILES string of the molecule is CC(C)CN(c1ccc(C2(O)CO2)nc1)c1nc2c(s1)C(C)(C)CCC2(C)C. The average molecular weight is 402 g/mol. The highest BCUT2D eigenvalue weighted by molar-refractivity contribution is 7.16. The fraction of sp³-hybridized carbons (Fsp3) is 0.636. The zero-order valence-electron chi connectivity index (χ0n) is 17.7. The van der Waals surface area contributed by atoms with Gasteiger partial charge >= 0.3 is 0 Å². The lowest BCUT2D eigenvalue weighted by Crippen LogP contribution is -2.32. The van der Waals surface area contributed by atoms with Gasteiger partial charge in [-0.1, -0.05) is 41.5 Å². The molecule has 2 aromatic rings. The summed E-state index contributed by atoms with van der Waals surface area (Å²) in [5.41, 5.74) is 3.10. The first-order chi connectivity index (χ1) is 13.0. The number of ether oxygens (including phenoxy) is 1. The van der Waals surface area contributed by atoms with E-state index in [-0.39, 0.29) is 10.8 Å². The first-order valence-electron chi connectivity index (χ1n) is 10.1. The standard InChI is InChI=1S/C22H31N3O2S/c1-14(2)12-25(15-7-8-16(23-11-15)22(26)13-27-22)19-24-17-18(28-19)21(5,6)10-9-20(17,3)4/h7-8,11,14,26H,9-10,12-13H2,1-6H3. The fourth-order valence-electron chi connectivity index (χ4n) is 3.85. The molecule has 1 aliphatic heterocycles. The molecule has 3 heterocycles. The number of nitrogens with zero attached hydrogens (tertiary/aromatic N) is 3. The lowest BCUT2D eigenvalue weighted by Gasteiger charge is -2.37. The van der Waals surface area contributed by atoms with Crippen molar-refractivity contribution in [3.63, 3.8) is 0 Å². The summed E-state index contributed by atoms with van der Waals surface area (Å²) in [6, 6.07) is 3.87. The van der Waals surface area contributed by atoms with Gasteiger partial charge in [0.05, 0.1) is 17.6 Å². The molecule has 0 saturated carbocycles. The molecular weight excluding hydrogens is 370 g/mol. The predicted octanol–water partition coefficient (Wildman–Crippen LogP) is 4.86. The number of aromatic nitrogens is 2. The third-order valence-corrected chi connectivity index (χ3v) is 7.35. The molecule has 1 aliphatic carbocycles. The van der Waals surface area contributed by atoms with Gasteiger partial charge in [-0.25, -0.2) is 4.98 Å². The van der Waals surface area contributed by atoms with Crippen molar-refractivity contribution in [2.75, 3.05) is 18.1 Å². The van der Waals surface area contributed by atoms with Crippen molar-refractivity contribution in [3.8, 4) is 0 Å². The van der Waals surface area contributed by atoms with Gasteiger partial charge in [-0.05, 0) is 30.9 Å². The van der Waals surface area contributed by atoms with Crippen LogP contribution in [0.2, 0.25) is 0 Å². The molecule has 152 valence electrons. The van der Waals surface area contributed by atoms with E-state index >= 15 is 0 Å². The molecule has 2 aromatic heterocycles. The van der Waals surface area contributed by atoms with Crippen molar-refractivity contribution < 1.29 is 9.84 Å². The van der Waals surface area contributed by atoms with Crippen LogP contribution in [-0.4, -0.2) is 28.2 Å². The van der Waals surface area contributed by atoms with Crippen LogP contribution in [0.5, 0.6) is 0 Å². The second-order valence-corrected chi connectivity index (χ2v) is 10.9. The first kappa shape index (κ1) is 19.8. The number of anilines is 2. The summed E-state index contributed by atoms with van der Waals surface area (Å²) in [4.78, 5) is 13.3. The Morgan fingerprint density at radius 3 is 2.39 bits per heavy atom. The normalized spacial score (nSPS) is 24.9. The van der Waals surface area contributed by atoms with Crippen LogP contribution in [-0.2, 0) is 21.4 Å². The summed E-state index contributed by atoms with van der Waals surface area (Å²) in [5, 5.41) is 11.1. The van der Waals surface area contributed by atoms with Gasteiger partial charge in [0.15, 0.2) is 5.13 Å². The summed E-state index contributed by atoms with van der Waals surface area (Å²) < 4.78 is 5.10. The summed E-state index contributed by atoms with van der Waals surface area (Å²) in [6.07, 6.45) is 4.18. The minimum Gasteiger partial charge on any atom is -0.359 e. The monoisotopic (exact) mass is 401 g/mol. The van der Waals surface area contributed by atoms with Crippen molar-refractivity contribution in [3.05, 3.63) is 34.6 Å². The van der Waals surface area contributed by atoms with Crippen LogP contribution in [0.15, 0.2) is 18.3 Å². The second kappa shape index (κ2) is 6.51. The van der Waals surface area contributed by atoms with Crippen molar-refractivity contribution in [1.82, 2.24) is 9.97 Å². The molecule has 6 heteroatoms. The maximum atomic E-state index is 10.1. The van der Waals surface area contributed by atoms with Gasteiger partial charge in [-0.2, -0.15) is 0 Å². The van der Waals surface area contributed by atoms with E-state index in [9.17, 15) is 5.11 Å². The molecule has 0 bridgehead atoms. The molecule has 1 N–H and O–H groups in total. The van der Waals surface area contributed by atoms with E-state index in [4.69, 9.17) is 9.72 Å². The van der Waals surface area contributed by atoms with E-state index in [0.717, 1.165) is 23.8 Å². The van der Waals surface area contributed by atoms with E-state index < -0.39 is 5.79 Å². The maximum absolute atomic E-state index is 10.1. The summed E-state index contributed by atoms with van der Waals surface area (Å²) >= 11 is 1.82. The smallest absolute Gasteiger partial charge is 0.234 e. The van der Waals surface area contributed by atoms with E-state index in [1.807, 2.05) is 29.7 Å². The van der Waals surface area contributed by atoms with Crippen LogP contribution in [0.1, 0.15) is 70.6 Å². The molecule has 1 saturated heterocycles. The highest BCUT2D eigenvalue weighted by atomic mass is 32.1. The van der Waals surface area contributed by atoms with Crippen LogP contribution in [0.3, 0.4) is 0 Å². The third-order valence-electron chi connectivity index (χ3n) is 5.90. The Bertz CT molecular complexity index is 833. The minimum absolute atomic E-state index is 0.109. The summed E-state index contributed by atoms with van der Waals surface area (Å²) in [6.45, 7) is 14.9. The van der Waals surface area contributed by atoms with Crippen molar-refractivity contribution in [2.45, 2.75) is 71.0 Å². The first-order valence-corrected chi connectivity index (χ1v) is 11.0. The molecule has 0 aromatic carbocycles. The molecule has 5 nitrogen and oxygen atoms in total. The molecule has 0 radical (unpaired) electrons. The number of epoxide rings is 1. The van der Waals surface area contributed by atoms with Gasteiger partial charge in [0, 0.05) is 22.3 Å². The predicted molar refractivity (Wildman–Crippen MR) is 113 cm³/mol. The van der Waals surface area contributed by atoms with Crippen LogP contribution in [0.25, 0.3) is 0 Å². The Balaban J connectivity index is 1.74. The molecule has 0 spiro atoms. The molecular formula is C22H31N3O2S. The Kier molecular flexibility index (Phi) is 4.60. The van der Waals surface area contributed by atoms with Crippen LogP contribution >= 0.6 is 11.3 Å². The number of aliphatic hydroxyl groups is 1. The average Bonchev–Trinajstić information content (AvgIpc) is 3.19. The lowest BCUT2D eigenvalue weighted by atomic mass is 9.69. The molecule has 1 unspecified atom stereocenters. The van der Waals surface area contributed by atoms with Gasteiger partial charge < -0.3 is 14.7 Å². The van der Waals surface area contributed by atoms with Gasteiger partial charge in [0.1, 0.15) is 12.3 Å². The maximum Gasteiger partial charge on any atom is 0.234 e. The zero-order chi connectivity index (χ0) is 20.3. The number of hydrogen-bond acceptors (Lipinski definition) is 6. The number of hydrogen-bond donors (Lipinski definition) is 1. The molecule has 2 aliphatic rings. The molecule has 0 amide bonds. The van der Waals surface area contributed by atoms with Gasteiger partial charge in [0.25, 0.3) is 0 Å². The second-order valence-electron chi connectivity index (χ2n) is 9.92. The quantitative estimate of drug-likeness (QED) is 0.725. The Morgan fingerprint density at radius 1 is 1.18 bits per heavy atom. The molecule has 1 atom stereocenters. The van der Waals surface area contributed by atoms with E-state index in [1.165, 1.54) is 17.0 Å². The highest BCUT2D eigenvalue weighted by Gasteiger charge is 2.46. The minimum atomic E-state index is -1.18. The topological polar surface area (TPSA) is 61.8 Å². The van der Waals surface area contributed by atoms with Gasteiger partial charge in [0.2, 0.25) is 5.79 Å². The lowest BCUT2D eigenvalue weighted by molar-refractivity contribution is 0.0294. The van der Waals surface area contributed by atoms with Crippen LogP contribution in [0, 0.1) is 5.92 Å².